The molecule has 0 atom stereocenters. The summed E-state index contributed by atoms with van der Waals surface area (Å²) in [7, 11) is -3.13. The molecular formula is H13AlBaCaKNaO4Si. The normalized spacial score (nSPS) is 2.40. The number of hydrogen-bond acceptors (Lipinski definition) is 1. The summed E-state index contributed by atoms with van der Waals surface area (Å²) in [4.78, 5) is 14.3. The van der Waals surface area contributed by atoms with Gasteiger partial charge in [0.2, 0.25) is 0 Å². The van der Waals surface area contributed by atoms with E-state index in [1.54, 1.807) is 0 Å². The number of hydrogen-bond donors (Lipinski definition) is 2. The van der Waals surface area contributed by atoms with Crippen molar-refractivity contribution in [3.05, 3.63) is 0 Å². The molecule has 0 amide bonds. The molecule has 0 aromatic rings. The van der Waals surface area contributed by atoms with E-state index in [0.717, 1.165) is 0 Å². The zero-order valence-corrected chi connectivity index (χ0v) is 3.30. The van der Waals surface area contributed by atoms with Gasteiger partial charge in [0.1, 0.15) is 0 Å². The second-order valence-corrected chi connectivity index (χ2v) is 0.848. The average Bonchev–Trinajstić information content (AvgIpc) is 0.811. The van der Waals surface area contributed by atoms with E-state index in [1.807, 2.05) is 0 Å². The van der Waals surface area contributed by atoms with Crippen LogP contribution in [-0.4, -0.2) is 209 Å². The second-order valence-electron chi connectivity index (χ2n) is 0.283. The Hall–Kier alpha value is 5.58. The van der Waals surface area contributed by atoms with Crippen LogP contribution in [0.1, 0.15) is 0 Å². The van der Waals surface area contributed by atoms with Gasteiger partial charge in [0.25, 0.3) is 0 Å². The van der Waals surface area contributed by atoms with Gasteiger partial charge in [0, 0.05) is 0 Å². The molecule has 0 radical (unpaired) electrons. The zero-order valence-electron chi connectivity index (χ0n) is 2.30. The van der Waals surface area contributed by atoms with Crippen molar-refractivity contribution >= 4 is 194 Å². The molecule has 0 spiro atoms. The van der Waals surface area contributed by atoms with Crippen LogP contribution in [0.3, 0.4) is 0 Å². The molecule has 50 valence electrons. The molecule has 0 aliphatic rings. The molecule has 0 unspecified atom stereocenters. The Morgan fingerprint density at radius 1 is 1.20 bits per heavy atom. The Morgan fingerprint density at radius 2 is 1.20 bits per heavy atom. The van der Waals surface area contributed by atoms with Gasteiger partial charge in [-0.15, -0.1) is 0 Å². The van der Waals surface area contributed by atoms with Crippen molar-refractivity contribution in [3.63, 3.8) is 0 Å². The summed E-state index contributed by atoms with van der Waals surface area (Å²) in [5.74, 6) is 0. The van der Waals surface area contributed by atoms with E-state index in [4.69, 9.17) is 14.1 Å². The third-order valence-corrected chi connectivity index (χ3v) is 0. The van der Waals surface area contributed by atoms with Gasteiger partial charge in [-0.3, -0.25) is 4.46 Å². The Balaban J connectivity index is -0.00000000300. The quantitative estimate of drug-likeness (QED) is 0.415. The fourth-order valence-corrected chi connectivity index (χ4v) is 0. The Bertz CT molecular complexity index is 48.2. The fourth-order valence-electron chi connectivity index (χ4n) is 0. The predicted molar refractivity (Wildman–Crippen MR) is 55.8 cm³/mol. The molecule has 0 rings (SSSR count). The second kappa shape index (κ2) is 36.5. The summed E-state index contributed by atoms with van der Waals surface area (Å²) in [5, 5.41) is 0. The van der Waals surface area contributed by atoms with Gasteiger partial charge < -0.3 is 15.1 Å². The van der Waals surface area contributed by atoms with Crippen molar-refractivity contribution in [1.82, 2.24) is 0 Å². The maximum absolute atomic E-state index is 8.74. The van der Waals surface area contributed by atoms with Crippen LogP contribution in [0.5, 0.6) is 0 Å². The Morgan fingerprint density at radius 3 is 1.20 bits per heavy atom. The van der Waals surface area contributed by atoms with Crippen LogP contribution in [0.15, 0.2) is 0 Å². The summed E-state index contributed by atoms with van der Waals surface area (Å²) < 4.78 is 8.74. The fraction of sp³-hybridized carbons (Fsp3) is 0. The molecular weight excluding hydrogens is 359 g/mol. The van der Waals surface area contributed by atoms with Crippen LogP contribution in [-0.2, 0) is 4.46 Å². The summed E-state index contributed by atoms with van der Waals surface area (Å²) in [6.07, 6.45) is 0. The van der Waals surface area contributed by atoms with Crippen LogP contribution >= 0.6 is 0 Å². The molecule has 10 heavy (non-hydrogen) atoms. The first kappa shape index (κ1) is 45.0. The first-order valence-electron chi connectivity index (χ1n) is 0.651. The average molecular weight is 372 g/mol. The maximum atomic E-state index is 8.74. The molecule has 0 aliphatic carbocycles. The number of rotatable bonds is 0. The van der Waals surface area contributed by atoms with Crippen molar-refractivity contribution in [2.75, 3.05) is 0 Å². The van der Waals surface area contributed by atoms with Crippen molar-refractivity contribution < 1.29 is 19.5 Å². The van der Waals surface area contributed by atoms with Crippen molar-refractivity contribution in [1.29, 1.82) is 0 Å². The van der Waals surface area contributed by atoms with Gasteiger partial charge in [-0.25, -0.2) is 0 Å². The molecule has 0 saturated carbocycles. The van der Waals surface area contributed by atoms with Crippen LogP contribution < -0.4 is 0 Å². The van der Waals surface area contributed by atoms with Gasteiger partial charge in [-0.05, 0) is 0 Å². The van der Waals surface area contributed by atoms with Crippen LogP contribution in [0.2, 0.25) is 0 Å². The van der Waals surface area contributed by atoms with Gasteiger partial charge in [0.15, 0.2) is 17.4 Å². The topological polar surface area (TPSA) is 89.0 Å². The minimum absolute atomic E-state index is 0. The predicted octanol–water partition coefficient (Wildman–Crippen LogP) is -6.75. The molecule has 0 heterocycles. The van der Waals surface area contributed by atoms with E-state index < -0.39 is 9.17 Å². The van der Waals surface area contributed by atoms with Gasteiger partial charge >= 0.3 is 177 Å². The molecule has 10 heteroatoms. The molecule has 4 nitrogen and oxygen atoms in total. The standard InChI is InChI=1S/Al.Ba.Ca.K.Na.H2O3Si.H2O.9H/c;;;;;1-4(2)3;;;;;;;;;;/h;;;;;1-2H;1H2;;;;;;;;;. The molecule has 0 aromatic heterocycles. The molecule has 0 fully saturated rings. The van der Waals surface area contributed by atoms with Crippen LogP contribution in [0, 0.1) is 0 Å². The summed E-state index contributed by atoms with van der Waals surface area (Å²) in [6, 6.07) is 0. The first-order valence-corrected chi connectivity index (χ1v) is 1.95. The summed E-state index contributed by atoms with van der Waals surface area (Å²) >= 11 is 0. The van der Waals surface area contributed by atoms with Gasteiger partial charge in [-0.2, -0.15) is 0 Å². The first-order chi connectivity index (χ1) is 1.73. The monoisotopic (exact) mass is 372 g/mol. The summed E-state index contributed by atoms with van der Waals surface area (Å²) in [6.45, 7) is 0. The summed E-state index contributed by atoms with van der Waals surface area (Å²) in [5.41, 5.74) is 0. The van der Waals surface area contributed by atoms with Crippen LogP contribution in [0.25, 0.3) is 0 Å². The Kier molecular flexibility index (Phi) is 164. The van der Waals surface area contributed by atoms with Crippen molar-refractivity contribution in [2.45, 2.75) is 0 Å². The minimum atomic E-state index is -3.13. The zero-order chi connectivity index (χ0) is 3.58. The van der Waals surface area contributed by atoms with E-state index >= 15 is 0 Å². The van der Waals surface area contributed by atoms with Crippen molar-refractivity contribution in [3.8, 4) is 0 Å². The third kappa shape index (κ3) is 69.0. The SMILES string of the molecule is O.O=[Si](O)O.[AlH3].[BaH2].[CaH2].[KH].[NaH]. The molecule has 4 N–H and O–H groups in total. The van der Waals surface area contributed by atoms with Crippen LogP contribution in [0.4, 0.5) is 0 Å². The van der Waals surface area contributed by atoms with E-state index in [2.05, 4.69) is 0 Å². The van der Waals surface area contributed by atoms with E-state index in [9.17, 15) is 0 Å². The molecule has 0 aromatic carbocycles. The van der Waals surface area contributed by atoms with E-state index in [-0.39, 0.29) is 190 Å². The molecule has 0 saturated heterocycles. The van der Waals surface area contributed by atoms with Gasteiger partial charge in [-0.1, -0.05) is 0 Å². The van der Waals surface area contributed by atoms with E-state index in [1.165, 1.54) is 0 Å². The van der Waals surface area contributed by atoms with E-state index in [0.29, 0.717) is 0 Å². The molecule has 0 aliphatic heterocycles. The van der Waals surface area contributed by atoms with Crippen molar-refractivity contribution in [2.24, 2.45) is 0 Å². The van der Waals surface area contributed by atoms with Gasteiger partial charge in [0.05, 0.1) is 0 Å². The third-order valence-electron chi connectivity index (χ3n) is 0. The molecule has 0 bridgehead atoms. The Labute approximate surface area is 207 Å².